The number of nitrogens with zero attached hydrogens (tertiary/aromatic N) is 4. The van der Waals surface area contributed by atoms with Gasteiger partial charge in [0.05, 0.1) is 6.33 Å². The first-order valence-electron chi connectivity index (χ1n) is 6.19. The molecule has 2 aromatic heterocycles. The highest BCUT2D eigenvalue weighted by Gasteiger charge is 2.17. The Kier molecular flexibility index (Phi) is 3.47. The number of aliphatic carboxylic acids is 1. The summed E-state index contributed by atoms with van der Waals surface area (Å²) in [5.74, 6) is -0.883. The topological polar surface area (TPSA) is 99.1 Å². The molecule has 2 heterocycles. The normalized spacial score (nSPS) is 11.4. The van der Waals surface area contributed by atoms with Crippen molar-refractivity contribution in [3.8, 4) is 0 Å². The van der Waals surface area contributed by atoms with Gasteiger partial charge in [0.1, 0.15) is 6.54 Å². The molecule has 0 radical (unpaired) electrons. The average Bonchev–Trinajstić information content (AvgIpc) is 2.74. The van der Waals surface area contributed by atoms with E-state index in [4.69, 9.17) is 5.11 Å². The first-order valence-corrected chi connectivity index (χ1v) is 6.19. The molecule has 0 spiro atoms. The Bertz CT molecular complexity index is 781. The zero-order valence-electron chi connectivity index (χ0n) is 11.5. The second-order valence-electron chi connectivity index (χ2n) is 5.09. The molecule has 8 heteroatoms. The molecular formula is C12H16N4O4. The lowest BCUT2D eigenvalue weighted by atomic mass is 10.2. The summed E-state index contributed by atoms with van der Waals surface area (Å²) < 4.78 is 3.63. The van der Waals surface area contributed by atoms with Crippen molar-refractivity contribution in [1.29, 1.82) is 0 Å². The number of hydrogen-bond donors (Lipinski definition) is 1. The Balaban J connectivity index is 2.81. The summed E-state index contributed by atoms with van der Waals surface area (Å²) in [5, 5.41) is 8.85. The number of rotatable bonds is 4. The predicted molar refractivity (Wildman–Crippen MR) is 71.7 cm³/mol. The summed E-state index contributed by atoms with van der Waals surface area (Å²) in [5.41, 5.74) is -0.622. The lowest BCUT2D eigenvalue weighted by Crippen LogP contribution is -2.39. The van der Waals surface area contributed by atoms with Crippen LogP contribution in [-0.2, 0) is 24.9 Å². The van der Waals surface area contributed by atoms with Gasteiger partial charge in [-0.1, -0.05) is 13.8 Å². The van der Waals surface area contributed by atoms with E-state index in [0.717, 1.165) is 4.57 Å². The van der Waals surface area contributed by atoms with Gasteiger partial charge in [0.2, 0.25) is 0 Å². The fourth-order valence-corrected chi connectivity index (χ4v) is 2.10. The van der Waals surface area contributed by atoms with Crippen molar-refractivity contribution in [2.75, 3.05) is 0 Å². The Hall–Kier alpha value is -2.38. The number of carboxylic acid groups (broad SMARTS) is 1. The molecule has 8 nitrogen and oxygen atoms in total. The number of aromatic nitrogens is 4. The lowest BCUT2D eigenvalue weighted by Gasteiger charge is -2.11. The summed E-state index contributed by atoms with van der Waals surface area (Å²) >= 11 is 0. The van der Waals surface area contributed by atoms with Gasteiger partial charge in [-0.25, -0.2) is 9.78 Å². The van der Waals surface area contributed by atoms with Crippen molar-refractivity contribution in [3.63, 3.8) is 0 Å². The van der Waals surface area contributed by atoms with E-state index in [1.165, 1.54) is 22.5 Å². The van der Waals surface area contributed by atoms with Gasteiger partial charge >= 0.3 is 11.7 Å². The first kappa shape index (κ1) is 14.0. The molecule has 0 aliphatic carbocycles. The third-order valence-corrected chi connectivity index (χ3v) is 2.95. The number of hydrogen-bond acceptors (Lipinski definition) is 4. The summed E-state index contributed by atoms with van der Waals surface area (Å²) in [6.07, 6.45) is 1.27. The van der Waals surface area contributed by atoms with Gasteiger partial charge in [0, 0.05) is 13.6 Å². The third kappa shape index (κ3) is 2.24. The fraction of sp³-hybridized carbons (Fsp3) is 0.500. The molecule has 0 unspecified atom stereocenters. The van der Waals surface area contributed by atoms with E-state index in [1.807, 2.05) is 13.8 Å². The standard InChI is InChI=1S/C12H16N4O4/c1-7(2)4-16-10-9(11(19)14(3)12(16)20)15(6-13-10)5-8(17)18/h6-7H,4-5H2,1-3H3,(H,17,18). The van der Waals surface area contributed by atoms with Crippen molar-refractivity contribution in [2.45, 2.75) is 26.9 Å². The molecule has 20 heavy (non-hydrogen) atoms. The van der Waals surface area contributed by atoms with Crippen LogP contribution in [0.5, 0.6) is 0 Å². The van der Waals surface area contributed by atoms with Crippen LogP contribution >= 0.6 is 0 Å². The number of carbonyl (C=O) groups is 1. The van der Waals surface area contributed by atoms with Crippen molar-refractivity contribution in [1.82, 2.24) is 18.7 Å². The number of carboxylic acids is 1. The maximum Gasteiger partial charge on any atom is 0.332 e. The molecule has 0 aromatic carbocycles. The quantitative estimate of drug-likeness (QED) is 0.824. The van der Waals surface area contributed by atoms with Gasteiger partial charge in [-0.05, 0) is 5.92 Å². The maximum atomic E-state index is 12.1. The summed E-state index contributed by atoms with van der Waals surface area (Å²) in [4.78, 5) is 39.1. The van der Waals surface area contributed by atoms with Crippen LogP contribution in [-0.4, -0.2) is 29.8 Å². The minimum Gasteiger partial charge on any atom is -0.480 e. The monoisotopic (exact) mass is 280 g/mol. The van der Waals surface area contributed by atoms with Crippen molar-refractivity contribution >= 4 is 17.1 Å². The molecule has 0 atom stereocenters. The number of fused-ring (bicyclic) bond motifs is 1. The van der Waals surface area contributed by atoms with E-state index < -0.39 is 17.2 Å². The van der Waals surface area contributed by atoms with Crippen molar-refractivity contribution < 1.29 is 9.90 Å². The van der Waals surface area contributed by atoms with Gasteiger partial charge < -0.3 is 9.67 Å². The van der Waals surface area contributed by atoms with E-state index in [-0.39, 0.29) is 23.6 Å². The van der Waals surface area contributed by atoms with Gasteiger partial charge in [-0.15, -0.1) is 0 Å². The molecule has 1 N–H and O–H groups in total. The molecule has 0 fully saturated rings. The zero-order valence-corrected chi connectivity index (χ0v) is 11.5. The van der Waals surface area contributed by atoms with E-state index >= 15 is 0 Å². The average molecular weight is 280 g/mol. The molecule has 2 rings (SSSR count). The lowest BCUT2D eigenvalue weighted by molar-refractivity contribution is -0.137. The van der Waals surface area contributed by atoms with E-state index in [0.29, 0.717) is 6.54 Å². The maximum absolute atomic E-state index is 12.1. The van der Waals surface area contributed by atoms with Crippen LogP contribution in [0.4, 0.5) is 0 Å². The highest BCUT2D eigenvalue weighted by molar-refractivity contribution is 5.74. The van der Waals surface area contributed by atoms with Crippen molar-refractivity contribution in [3.05, 3.63) is 27.2 Å². The van der Waals surface area contributed by atoms with Crippen LogP contribution in [0.3, 0.4) is 0 Å². The van der Waals surface area contributed by atoms with Gasteiger partial charge in [0.25, 0.3) is 5.56 Å². The predicted octanol–water partition coefficient (Wildman–Crippen LogP) is -0.363. The fourth-order valence-electron chi connectivity index (χ4n) is 2.10. The number of imidazole rings is 1. The highest BCUT2D eigenvalue weighted by Crippen LogP contribution is 2.08. The molecule has 108 valence electrons. The van der Waals surface area contributed by atoms with Crippen LogP contribution in [0, 0.1) is 5.92 Å². The Morgan fingerprint density at radius 1 is 1.40 bits per heavy atom. The van der Waals surface area contributed by atoms with E-state index in [2.05, 4.69) is 4.98 Å². The SMILES string of the molecule is CC(C)Cn1c(=O)n(C)c(=O)c2c1ncn2CC(=O)O. The molecule has 0 saturated carbocycles. The smallest absolute Gasteiger partial charge is 0.332 e. The molecular weight excluding hydrogens is 264 g/mol. The molecule has 0 aliphatic rings. The van der Waals surface area contributed by atoms with Crippen LogP contribution in [0.25, 0.3) is 11.2 Å². The second kappa shape index (κ2) is 4.95. The second-order valence-corrected chi connectivity index (χ2v) is 5.09. The van der Waals surface area contributed by atoms with Crippen LogP contribution in [0.15, 0.2) is 15.9 Å². The van der Waals surface area contributed by atoms with Gasteiger partial charge in [0.15, 0.2) is 11.2 Å². The summed E-state index contributed by atoms with van der Waals surface area (Å²) in [7, 11) is 1.37. The Morgan fingerprint density at radius 3 is 2.60 bits per heavy atom. The summed E-state index contributed by atoms with van der Waals surface area (Å²) in [6, 6.07) is 0. The molecule has 0 amide bonds. The van der Waals surface area contributed by atoms with Crippen LogP contribution < -0.4 is 11.2 Å². The Morgan fingerprint density at radius 2 is 2.05 bits per heavy atom. The first-order chi connectivity index (χ1) is 9.32. The minimum atomic E-state index is -1.08. The Labute approximate surface area is 113 Å². The highest BCUT2D eigenvalue weighted by atomic mass is 16.4. The zero-order chi connectivity index (χ0) is 15.0. The minimum absolute atomic E-state index is 0.134. The van der Waals surface area contributed by atoms with Crippen LogP contribution in [0.1, 0.15) is 13.8 Å². The summed E-state index contributed by atoms with van der Waals surface area (Å²) in [6.45, 7) is 3.93. The van der Waals surface area contributed by atoms with Gasteiger partial charge in [-0.2, -0.15) is 0 Å². The molecule has 0 bridgehead atoms. The van der Waals surface area contributed by atoms with Crippen LogP contribution in [0.2, 0.25) is 0 Å². The molecule has 0 aliphatic heterocycles. The molecule has 2 aromatic rings. The third-order valence-electron chi connectivity index (χ3n) is 2.95. The largest absolute Gasteiger partial charge is 0.480 e. The molecule has 0 saturated heterocycles. The van der Waals surface area contributed by atoms with E-state index in [9.17, 15) is 14.4 Å². The van der Waals surface area contributed by atoms with E-state index in [1.54, 1.807) is 0 Å². The van der Waals surface area contributed by atoms with Crippen molar-refractivity contribution in [2.24, 2.45) is 13.0 Å². The van der Waals surface area contributed by atoms with Gasteiger partial charge in [-0.3, -0.25) is 18.7 Å².